The van der Waals surface area contributed by atoms with Crippen molar-refractivity contribution >= 4 is 38.8 Å². The summed E-state index contributed by atoms with van der Waals surface area (Å²) in [4.78, 5) is 30.0. The first-order valence-electron chi connectivity index (χ1n) is 8.94. The second-order valence-corrected chi connectivity index (χ2v) is 9.32. The highest BCUT2D eigenvalue weighted by atomic mass is 32.2. The highest BCUT2D eigenvalue weighted by Crippen LogP contribution is 2.26. The molecule has 0 aliphatic carbocycles. The predicted molar refractivity (Wildman–Crippen MR) is 113 cm³/mol. The van der Waals surface area contributed by atoms with Gasteiger partial charge in [0, 0.05) is 11.3 Å². The van der Waals surface area contributed by atoms with Gasteiger partial charge in [0.2, 0.25) is 21.7 Å². The summed E-state index contributed by atoms with van der Waals surface area (Å²) in [5, 5.41) is 1.90. The highest BCUT2D eigenvalue weighted by molar-refractivity contribution is 7.92. The second-order valence-electron chi connectivity index (χ2n) is 6.62. The number of anilines is 1. The number of aryl methyl sites for hydroxylation is 1. The number of carbonyl (C=O) groups excluding carboxylic acids is 2. The molecule has 2 heterocycles. The molecule has 0 aliphatic rings. The monoisotopic (exact) mass is 448 g/mol. The van der Waals surface area contributed by atoms with Gasteiger partial charge in [0.15, 0.2) is 6.10 Å². The summed E-state index contributed by atoms with van der Waals surface area (Å²) in [6.07, 6.45) is -0.0847. The van der Waals surface area contributed by atoms with Crippen molar-refractivity contribution in [2.24, 2.45) is 0 Å². The van der Waals surface area contributed by atoms with Gasteiger partial charge in [-0.15, -0.1) is 11.3 Å². The number of rotatable bonds is 8. The molecule has 1 unspecified atom stereocenters. The first kappa shape index (κ1) is 21.7. The number of hydrogen-bond acceptors (Lipinski definition) is 8. The molecule has 3 aromatic rings. The van der Waals surface area contributed by atoms with Gasteiger partial charge < -0.3 is 9.15 Å². The summed E-state index contributed by atoms with van der Waals surface area (Å²) in [5.74, 6) is -0.0359. The molecule has 0 bridgehead atoms. The fraction of sp³-hybridized carbons (Fsp3) is 0.250. The van der Waals surface area contributed by atoms with Crippen LogP contribution >= 0.6 is 11.3 Å². The minimum atomic E-state index is -3.41. The van der Waals surface area contributed by atoms with Crippen LogP contribution < -0.4 is 4.72 Å². The summed E-state index contributed by atoms with van der Waals surface area (Å²) in [6, 6.07) is 9.62. The molecule has 10 heteroatoms. The number of carbonyl (C=O) groups is 2. The smallest absolute Gasteiger partial charge is 0.312 e. The van der Waals surface area contributed by atoms with Gasteiger partial charge in [0.25, 0.3) is 0 Å². The van der Waals surface area contributed by atoms with E-state index in [1.807, 2.05) is 17.5 Å². The van der Waals surface area contributed by atoms with E-state index < -0.39 is 27.9 Å². The van der Waals surface area contributed by atoms with Crippen molar-refractivity contribution in [3.8, 4) is 10.8 Å². The van der Waals surface area contributed by atoms with E-state index in [-0.39, 0.29) is 6.42 Å². The first-order chi connectivity index (χ1) is 14.1. The Kier molecular flexibility index (Phi) is 6.37. The fourth-order valence-electron chi connectivity index (χ4n) is 2.68. The summed E-state index contributed by atoms with van der Waals surface area (Å²) < 4.78 is 35.7. The Bertz CT molecular complexity index is 1150. The van der Waals surface area contributed by atoms with Gasteiger partial charge in [-0.2, -0.15) is 0 Å². The van der Waals surface area contributed by atoms with Crippen molar-refractivity contribution in [3.05, 3.63) is 58.8 Å². The van der Waals surface area contributed by atoms with Crippen LogP contribution in [0.1, 0.15) is 28.7 Å². The first-order valence-corrected chi connectivity index (χ1v) is 11.7. The number of benzene rings is 1. The molecular formula is C20H20N2O6S2. The lowest BCUT2D eigenvalue weighted by Gasteiger charge is -2.12. The average Bonchev–Trinajstić information content (AvgIpc) is 3.31. The molecule has 0 aliphatic heterocycles. The molecule has 2 aromatic heterocycles. The zero-order valence-corrected chi connectivity index (χ0v) is 18.2. The SMILES string of the molecule is Cc1oc(-c2cccs2)nc1CC(=O)OC(C)C(=O)c1ccc(NS(C)(=O)=O)cc1. The Morgan fingerprint density at radius 2 is 1.93 bits per heavy atom. The van der Waals surface area contributed by atoms with E-state index in [0.29, 0.717) is 28.6 Å². The van der Waals surface area contributed by atoms with Gasteiger partial charge in [-0.3, -0.25) is 14.3 Å². The highest BCUT2D eigenvalue weighted by Gasteiger charge is 2.22. The standard InChI is InChI=1S/C20H20N2O6S2/c1-12-16(21-20(28-12)17-5-4-10-29-17)11-18(23)27-13(2)19(24)14-6-8-15(9-7-14)22-30(3,25)26/h4-10,13,22H,11H2,1-3H3. The van der Waals surface area contributed by atoms with Crippen molar-refractivity contribution in [1.29, 1.82) is 0 Å². The number of aromatic nitrogens is 1. The quantitative estimate of drug-likeness (QED) is 0.414. The van der Waals surface area contributed by atoms with Crippen LogP contribution in [0.3, 0.4) is 0 Å². The summed E-state index contributed by atoms with van der Waals surface area (Å²) in [7, 11) is -3.41. The van der Waals surface area contributed by atoms with Gasteiger partial charge in [-0.25, -0.2) is 13.4 Å². The molecule has 1 atom stereocenters. The van der Waals surface area contributed by atoms with Crippen LogP contribution in [0.4, 0.5) is 5.69 Å². The summed E-state index contributed by atoms with van der Waals surface area (Å²) in [5.41, 5.74) is 1.09. The Morgan fingerprint density at radius 1 is 1.23 bits per heavy atom. The van der Waals surface area contributed by atoms with Crippen LogP contribution in [-0.4, -0.2) is 37.5 Å². The predicted octanol–water partition coefficient (Wildman–Crippen LogP) is 3.44. The molecule has 158 valence electrons. The van der Waals surface area contributed by atoms with E-state index in [9.17, 15) is 18.0 Å². The van der Waals surface area contributed by atoms with Crippen LogP contribution in [0, 0.1) is 6.92 Å². The number of thiophene rings is 1. The van der Waals surface area contributed by atoms with Crippen LogP contribution in [0.25, 0.3) is 10.8 Å². The van der Waals surface area contributed by atoms with E-state index >= 15 is 0 Å². The second kappa shape index (κ2) is 8.80. The van der Waals surface area contributed by atoms with Crippen LogP contribution in [0.15, 0.2) is 46.2 Å². The molecule has 0 saturated carbocycles. The third-order valence-corrected chi connectivity index (χ3v) is 5.55. The maximum Gasteiger partial charge on any atom is 0.312 e. The molecule has 0 fully saturated rings. The normalized spacial score (nSPS) is 12.4. The van der Waals surface area contributed by atoms with Crippen molar-refractivity contribution < 1.29 is 27.2 Å². The van der Waals surface area contributed by atoms with Crippen LogP contribution in [0.2, 0.25) is 0 Å². The Hall–Kier alpha value is -2.98. The number of oxazole rings is 1. The largest absolute Gasteiger partial charge is 0.454 e. The molecular weight excluding hydrogens is 428 g/mol. The lowest BCUT2D eigenvalue weighted by atomic mass is 10.1. The molecule has 30 heavy (non-hydrogen) atoms. The molecule has 0 amide bonds. The molecule has 0 spiro atoms. The maximum absolute atomic E-state index is 12.5. The van der Waals surface area contributed by atoms with Crippen molar-refractivity contribution in [1.82, 2.24) is 4.98 Å². The van der Waals surface area contributed by atoms with Crippen LogP contribution in [-0.2, 0) is 26.0 Å². The Balaban J connectivity index is 1.61. The third-order valence-electron chi connectivity index (χ3n) is 4.09. The zero-order valence-electron chi connectivity index (χ0n) is 16.5. The molecule has 8 nitrogen and oxygen atoms in total. The van der Waals surface area contributed by atoms with Crippen molar-refractivity contribution in [2.75, 3.05) is 11.0 Å². The van der Waals surface area contributed by atoms with Gasteiger partial charge in [-0.05, 0) is 49.6 Å². The lowest BCUT2D eigenvalue weighted by Crippen LogP contribution is -2.25. The minimum absolute atomic E-state index is 0.116. The lowest BCUT2D eigenvalue weighted by molar-refractivity contribution is -0.145. The fourth-order valence-corrected chi connectivity index (χ4v) is 3.89. The van der Waals surface area contributed by atoms with E-state index in [4.69, 9.17) is 9.15 Å². The molecule has 3 rings (SSSR count). The minimum Gasteiger partial charge on any atom is -0.454 e. The Labute approximate surface area is 178 Å². The van der Waals surface area contributed by atoms with E-state index in [2.05, 4.69) is 9.71 Å². The van der Waals surface area contributed by atoms with Gasteiger partial charge in [0.05, 0.1) is 23.2 Å². The number of esters is 1. The van der Waals surface area contributed by atoms with E-state index in [1.165, 1.54) is 42.5 Å². The van der Waals surface area contributed by atoms with Gasteiger partial charge in [-0.1, -0.05) is 6.07 Å². The topological polar surface area (TPSA) is 116 Å². The zero-order chi connectivity index (χ0) is 21.9. The average molecular weight is 449 g/mol. The van der Waals surface area contributed by atoms with Crippen molar-refractivity contribution in [2.45, 2.75) is 26.4 Å². The molecule has 0 radical (unpaired) electrons. The van der Waals surface area contributed by atoms with Crippen molar-refractivity contribution in [3.63, 3.8) is 0 Å². The molecule has 1 N–H and O–H groups in total. The Morgan fingerprint density at radius 3 is 2.53 bits per heavy atom. The summed E-state index contributed by atoms with van der Waals surface area (Å²) in [6.45, 7) is 3.20. The van der Waals surface area contributed by atoms with E-state index in [1.54, 1.807) is 6.92 Å². The number of nitrogens with one attached hydrogen (secondary N) is 1. The number of ether oxygens (including phenoxy) is 1. The summed E-state index contributed by atoms with van der Waals surface area (Å²) >= 11 is 1.48. The number of hydrogen-bond donors (Lipinski definition) is 1. The third kappa shape index (κ3) is 5.55. The maximum atomic E-state index is 12.5. The molecule has 1 aromatic carbocycles. The van der Waals surface area contributed by atoms with Gasteiger partial charge >= 0.3 is 5.97 Å². The number of Topliss-reactive ketones (excluding diaryl/α,β-unsaturated/α-hetero) is 1. The molecule has 0 saturated heterocycles. The van der Waals surface area contributed by atoms with E-state index in [0.717, 1.165) is 11.1 Å². The number of nitrogens with zero attached hydrogens (tertiary/aromatic N) is 1. The number of ketones is 1. The van der Waals surface area contributed by atoms with Crippen LogP contribution in [0.5, 0.6) is 0 Å². The number of sulfonamides is 1. The van der Waals surface area contributed by atoms with Gasteiger partial charge in [0.1, 0.15) is 5.76 Å².